The van der Waals surface area contributed by atoms with Crippen molar-refractivity contribution in [3.63, 3.8) is 0 Å². The van der Waals surface area contributed by atoms with Crippen molar-refractivity contribution < 1.29 is 9.59 Å². The summed E-state index contributed by atoms with van der Waals surface area (Å²) in [6.45, 7) is 1.74. The number of hydrogen-bond donors (Lipinski definition) is 1. The second-order valence-corrected chi connectivity index (χ2v) is 6.43. The van der Waals surface area contributed by atoms with E-state index in [9.17, 15) is 14.4 Å². The van der Waals surface area contributed by atoms with Crippen LogP contribution < -0.4 is 5.56 Å². The Morgan fingerprint density at radius 2 is 2.04 bits per heavy atom. The van der Waals surface area contributed by atoms with Crippen molar-refractivity contribution in [2.75, 3.05) is 33.7 Å². The van der Waals surface area contributed by atoms with E-state index in [0.717, 1.165) is 12.8 Å². The van der Waals surface area contributed by atoms with E-state index in [1.807, 2.05) is 4.90 Å². The fourth-order valence-electron chi connectivity index (χ4n) is 3.42. The highest BCUT2D eigenvalue weighted by molar-refractivity contribution is 5.94. The molecule has 1 aromatic heterocycles. The van der Waals surface area contributed by atoms with Crippen molar-refractivity contribution >= 4 is 11.9 Å². The van der Waals surface area contributed by atoms with Gasteiger partial charge in [0.2, 0.25) is 0 Å². The van der Waals surface area contributed by atoms with E-state index in [4.69, 9.17) is 0 Å². The standard InChI is InChI=1S/C15H21N5O3/c1-18(2)15(23)19-6-10-3-4-11(8-19)20(7-10)14(22)12-5-16-9-17-13(12)21/h5,9-11H,3-4,6-8H2,1-2H3,(H,16,17,21)/t10-,11+/m1/s1. The number of rotatable bonds is 1. The minimum atomic E-state index is -0.425. The molecule has 3 saturated heterocycles. The average Bonchev–Trinajstić information content (AvgIpc) is 2.85. The highest BCUT2D eigenvalue weighted by Crippen LogP contribution is 2.29. The van der Waals surface area contributed by atoms with Crippen LogP contribution in [0.15, 0.2) is 17.3 Å². The zero-order chi connectivity index (χ0) is 16.6. The second kappa shape index (κ2) is 6.02. The third-order valence-corrected chi connectivity index (χ3v) is 4.58. The molecule has 3 aliphatic rings. The van der Waals surface area contributed by atoms with Crippen molar-refractivity contribution in [2.24, 2.45) is 5.92 Å². The monoisotopic (exact) mass is 319 g/mol. The normalized spacial score (nSPS) is 23.6. The van der Waals surface area contributed by atoms with E-state index in [1.165, 1.54) is 12.5 Å². The third kappa shape index (κ3) is 2.93. The fraction of sp³-hybridized carbons (Fsp3) is 0.600. The van der Waals surface area contributed by atoms with Crippen LogP contribution in [0.25, 0.3) is 0 Å². The van der Waals surface area contributed by atoms with E-state index >= 15 is 0 Å². The van der Waals surface area contributed by atoms with Crippen LogP contribution in [0.1, 0.15) is 23.2 Å². The van der Waals surface area contributed by atoms with E-state index < -0.39 is 5.56 Å². The summed E-state index contributed by atoms with van der Waals surface area (Å²) in [5, 5.41) is 0. The molecule has 0 aliphatic carbocycles. The summed E-state index contributed by atoms with van der Waals surface area (Å²) < 4.78 is 0. The van der Waals surface area contributed by atoms with Gasteiger partial charge in [-0.1, -0.05) is 0 Å². The highest BCUT2D eigenvalue weighted by atomic mass is 16.2. The van der Waals surface area contributed by atoms with Crippen molar-refractivity contribution in [3.05, 3.63) is 28.4 Å². The Morgan fingerprint density at radius 3 is 2.74 bits per heavy atom. The van der Waals surface area contributed by atoms with Gasteiger partial charge in [-0.15, -0.1) is 0 Å². The molecule has 0 radical (unpaired) electrons. The van der Waals surface area contributed by atoms with Gasteiger partial charge in [0.05, 0.1) is 6.33 Å². The highest BCUT2D eigenvalue weighted by Gasteiger charge is 2.39. The number of amides is 3. The summed E-state index contributed by atoms with van der Waals surface area (Å²) >= 11 is 0. The Hall–Kier alpha value is -2.38. The molecule has 8 heteroatoms. The minimum Gasteiger partial charge on any atom is -0.333 e. The van der Waals surface area contributed by atoms with Crippen molar-refractivity contribution in [1.82, 2.24) is 24.7 Å². The summed E-state index contributed by atoms with van der Waals surface area (Å²) in [5.74, 6) is -0.0504. The SMILES string of the molecule is CN(C)C(=O)N1C[C@H]2CC[C@@H](C1)N(C(=O)c1cnc[nH]c1=O)C2. The molecule has 0 aromatic carbocycles. The number of urea groups is 1. The largest absolute Gasteiger partial charge is 0.333 e. The summed E-state index contributed by atoms with van der Waals surface area (Å²) in [6, 6.07) is -0.0832. The maximum absolute atomic E-state index is 12.7. The molecule has 4 heterocycles. The minimum absolute atomic E-state index is 0.0320. The molecule has 3 amide bonds. The number of nitrogens with zero attached hydrogens (tertiary/aromatic N) is 4. The van der Waals surface area contributed by atoms with Crippen LogP contribution in [0.2, 0.25) is 0 Å². The van der Waals surface area contributed by atoms with Crippen LogP contribution in [0, 0.1) is 5.92 Å². The van der Waals surface area contributed by atoms with Gasteiger partial charge >= 0.3 is 6.03 Å². The van der Waals surface area contributed by atoms with Gasteiger partial charge in [0, 0.05) is 46.0 Å². The maximum Gasteiger partial charge on any atom is 0.319 e. The zero-order valence-electron chi connectivity index (χ0n) is 13.4. The fourth-order valence-corrected chi connectivity index (χ4v) is 3.42. The second-order valence-electron chi connectivity index (χ2n) is 6.43. The summed E-state index contributed by atoms with van der Waals surface area (Å²) in [4.78, 5) is 48.2. The molecule has 2 atom stereocenters. The first-order valence-corrected chi connectivity index (χ1v) is 7.77. The van der Waals surface area contributed by atoms with Crippen molar-refractivity contribution in [3.8, 4) is 0 Å². The Bertz CT molecular complexity index is 671. The first-order valence-electron chi connectivity index (χ1n) is 7.77. The van der Waals surface area contributed by atoms with Crippen LogP contribution in [0.5, 0.6) is 0 Å². The smallest absolute Gasteiger partial charge is 0.319 e. The average molecular weight is 319 g/mol. The first-order chi connectivity index (χ1) is 11.0. The molecular formula is C15H21N5O3. The molecule has 4 rings (SSSR count). The Morgan fingerprint density at radius 1 is 1.26 bits per heavy atom. The lowest BCUT2D eigenvalue weighted by molar-refractivity contribution is 0.0583. The Kier molecular flexibility index (Phi) is 4.06. The zero-order valence-corrected chi connectivity index (χ0v) is 13.4. The van der Waals surface area contributed by atoms with Crippen LogP contribution in [-0.4, -0.2) is 76.4 Å². The predicted octanol–water partition coefficient (Wildman–Crippen LogP) is -0.0121. The van der Waals surface area contributed by atoms with E-state index in [0.29, 0.717) is 19.6 Å². The van der Waals surface area contributed by atoms with Gasteiger partial charge in [0.1, 0.15) is 5.56 Å². The molecule has 3 fully saturated rings. The van der Waals surface area contributed by atoms with Crippen molar-refractivity contribution in [2.45, 2.75) is 18.9 Å². The molecule has 1 aromatic rings. The van der Waals surface area contributed by atoms with Gasteiger partial charge in [-0.25, -0.2) is 9.78 Å². The van der Waals surface area contributed by atoms with Gasteiger partial charge in [-0.2, -0.15) is 0 Å². The van der Waals surface area contributed by atoms with E-state index in [1.54, 1.807) is 23.9 Å². The summed E-state index contributed by atoms with van der Waals surface area (Å²) in [7, 11) is 3.46. The number of aromatic amines is 1. The van der Waals surface area contributed by atoms with Crippen LogP contribution in [-0.2, 0) is 0 Å². The summed E-state index contributed by atoms with van der Waals surface area (Å²) in [5.41, 5.74) is -0.364. The molecule has 2 bridgehead atoms. The molecular weight excluding hydrogens is 298 g/mol. The van der Waals surface area contributed by atoms with Gasteiger partial charge in [-0.05, 0) is 18.8 Å². The Labute approximate surface area is 134 Å². The predicted molar refractivity (Wildman–Crippen MR) is 83.1 cm³/mol. The van der Waals surface area contributed by atoms with Gasteiger partial charge in [0.15, 0.2) is 0 Å². The lowest BCUT2D eigenvalue weighted by Crippen LogP contribution is -2.49. The number of H-pyrrole nitrogens is 1. The quantitative estimate of drug-likeness (QED) is 0.788. The molecule has 0 unspecified atom stereocenters. The van der Waals surface area contributed by atoms with Crippen LogP contribution in [0.3, 0.4) is 0 Å². The lowest BCUT2D eigenvalue weighted by Gasteiger charge is -2.35. The van der Waals surface area contributed by atoms with Crippen LogP contribution >= 0.6 is 0 Å². The topological polar surface area (TPSA) is 89.6 Å². The first kappa shape index (κ1) is 15.5. The Balaban J connectivity index is 1.83. The van der Waals surface area contributed by atoms with E-state index in [2.05, 4.69) is 9.97 Å². The lowest BCUT2D eigenvalue weighted by atomic mass is 9.94. The van der Waals surface area contributed by atoms with Gasteiger partial charge < -0.3 is 19.7 Å². The number of fused-ring (bicyclic) bond motifs is 4. The molecule has 3 aliphatic heterocycles. The number of carbonyl (C=O) groups excluding carboxylic acids is 2. The molecule has 1 N–H and O–H groups in total. The van der Waals surface area contributed by atoms with Crippen molar-refractivity contribution in [1.29, 1.82) is 0 Å². The maximum atomic E-state index is 12.7. The van der Waals surface area contributed by atoms with Crippen LogP contribution in [0.4, 0.5) is 4.79 Å². The third-order valence-electron chi connectivity index (χ3n) is 4.58. The molecule has 8 nitrogen and oxygen atoms in total. The molecule has 124 valence electrons. The van der Waals surface area contributed by atoms with Gasteiger partial charge in [0.25, 0.3) is 11.5 Å². The number of nitrogens with one attached hydrogen (secondary N) is 1. The summed E-state index contributed by atoms with van der Waals surface area (Å²) in [6.07, 6.45) is 4.43. The molecule has 0 saturated carbocycles. The number of hydrogen-bond acceptors (Lipinski definition) is 4. The number of piperidine rings is 1. The van der Waals surface area contributed by atoms with E-state index in [-0.39, 0.29) is 29.5 Å². The molecule has 23 heavy (non-hydrogen) atoms. The van der Waals surface area contributed by atoms with Gasteiger partial charge in [-0.3, -0.25) is 9.59 Å². The number of carbonyl (C=O) groups is 2. The number of aromatic nitrogens is 2. The molecule has 0 spiro atoms.